The van der Waals surface area contributed by atoms with Crippen LogP contribution in [0.1, 0.15) is 27.2 Å². The highest BCUT2D eigenvalue weighted by Gasteiger charge is 2.26. The van der Waals surface area contributed by atoms with Gasteiger partial charge in [-0.15, -0.1) is 0 Å². The lowest BCUT2D eigenvalue weighted by Crippen LogP contribution is -2.52. The summed E-state index contributed by atoms with van der Waals surface area (Å²) in [5.41, 5.74) is 0. The third-order valence-corrected chi connectivity index (χ3v) is 3.93. The highest BCUT2D eigenvalue weighted by atomic mass is 16.5. The summed E-state index contributed by atoms with van der Waals surface area (Å²) in [6.45, 7) is 9.49. The summed E-state index contributed by atoms with van der Waals surface area (Å²) in [6, 6.07) is -1.32. The molecule has 7 heteroatoms. The Bertz CT molecular complexity index is 351. The maximum absolute atomic E-state index is 11.8. The smallest absolute Gasteiger partial charge is 0.326 e. The van der Waals surface area contributed by atoms with Crippen molar-refractivity contribution in [3.8, 4) is 0 Å². The first kappa shape index (κ1) is 17.7. The molecule has 0 aromatic rings. The highest BCUT2D eigenvalue weighted by molar-refractivity contribution is 5.82. The van der Waals surface area contributed by atoms with Crippen LogP contribution in [0, 0.1) is 5.92 Å². The van der Waals surface area contributed by atoms with Gasteiger partial charge in [0, 0.05) is 19.6 Å². The molecular formula is C14H27N3O4. The molecule has 1 heterocycles. The van der Waals surface area contributed by atoms with Gasteiger partial charge in [-0.2, -0.15) is 0 Å². The van der Waals surface area contributed by atoms with Gasteiger partial charge in [-0.1, -0.05) is 27.2 Å². The molecule has 3 atom stereocenters. The van der Waals surface area contributed by atoms with Crippen LogP contribution in [0.25, 0.3) is 0 Å². The zero-order chi connectivity index (χ0) is 15.8. The largest absolute Gasteiger partial charge is 0.480 e. The molecular weight excluding hydrogens is 274 g/mol. The molecule has 2 unspecified atom stereocenters. The minimum Gasteiger partial charge on any atom is -0.480 e. The van der Waals surface area contributed by atoms with Crippen LogP contribution in [-0.2, 0) is 9.53 Å². The number of rotatable bonds is 7. The number of hydrogen-bond acceptors (Lipinski definition) is 4. The summed E-state index contributed by atoms with van der Waals surface area (Å²) in [7, 11) is 0. The van der Waals surface area contributed by atoms with E-state index in [0.717, 1.165) is 19.6 Å². The number of morpholine rings is 1. The molecule has 1 fully saturated rings. The van der Waals surface area contributed by atoms with Crippen molar-refractivity contribution in [1.82, 2.24) is 15.5 Å². The second kappa shape index (κ2) is 8.84. The van der Waals surface area contributed by atoms with Crippen LogP contribution in [0.2, 0.25) is 0 Å². The number of nitrogens with zero attached hydrogens (tertiary/aromatic N) is 1. The molecule has 122 valence electrons. The van der Waals surface area contributed by atoms with Gasteiger partial charge in [0.2, 0.25) is 0 Å². The lowest BCUT2D eigenvalue weighted by Gasteiger charge is -2.32. The van der Waals surface area contributed by atoms with Crippen LogP contribution in [0.3, 0.4) is 0 Å². The van der Waals surface area contributed by atoms with E-state index in [0.29, 0.717) is 19.6 Å². The Kier molecular flexibility index (Phi) is 7.45. The molecule has 1 rings (SSSR count). The lowest BCUT2D eigenvalue weighted by atomic mass is 9.99. The molecule has 21 heavy (non-hydrogen) atoms. The van der Waals surface area contributed by atoms with E-state index in [4.69, 9.17) is 9.84 Å². The molecule has 7 nitrogen and oxygen atoms in total. The Hall–Kier alpha value is -1.34. The fraction of sp³-hybridized carbons (Fsp3) is 0.857. The minimum atomic E-state index is -1.01. The van der Waals surface area contributed by atoms with Gasteiger partial charge in [-0.3, -0.25) is 4.90 Å². The quantitative estimate of drug-likeness (QED) is 0.637. The summed E-state index contributed by atoms with van der Waals surface area (Å²) in [5.74, 6) is -1.12. The van der Waals surface area contributed by atoms with Crippen molar-refractivity contribution in [2.75, 3.05) is 32.8 Å². The number of carbonyl (C=O) groups is 2. The molecule has 3 N–H and O–H groups in total. The van der Waals surface area contributed by atoms with Crippen molar-refractivity contribution < 1.29 is 19.4 Å². The number of urea groups is 1. The zero-order valence-electron chi connectivity index (χ0n) is 13.1. The number of nitrogens with one attached hydrogen (secondary N) is 2. The van der Waals surface area contributed by atoms with E-state index >= 15 is 0 Å². The third kappa shape index (κ3) is 5.89. The number of amides is 2. The molecule has 0 saturated carbocycles. The van der Waals surface area contributed by atoms with Crippen LogP contribution in [0.5, 0.6) is 0 Å². The van der Waals surface area contributed by atoms with E-state index in [1.165, 1.54) is 0 Å². The SMILES string of the molecule is CCC(C)[C@H](NC(=O)NCC1CN(CC)CCO1)C(=O)O. The molecule has 1 aliphatic rings. The highest BCUT2D eigenvalue weighted by Crippen LogP contribution is 2.08. The van der Waals surface area contributed by atoms with Gasteiger partial charge < -0.3 is 20.5 Å². The number of carboxylic acid groups (broad SMARTS) is 1. The van der Waals surface area contributed by atoms with Crippen molar-refractivity contribution in [2.24, 2.45) is 5.92 Å². The standard InChI is InChI=1S/C14H27N3O4/c1-4-10(3)12(13(18)19)16-14(20)15-8-11-9-17(5-2)6-7-21-11/h10-12H,4-9H2,1-3H3,(H,18,19)(H2,15,16,20)/t10?,11?,12-/m0/s1. The summed E-state index contributed by atoms with van der Waals surface area (Å²) >= 11 is 0. The van der Waals surface area contributed by atoms with Crippen molar-refractivity contribution in [3.63, 3.8) is 0 Å². The molecule has 0 spiro atoms. The normalized spacial score (nSPS) is 22.3. The van der Waals surface area contributed by atoms with E-state index in [-0.39, 0.29) is 12.0 Å². The van der Waals surface area contributed by atoms with Gasteiger partial charge in [0.05, 0.1) is 12.7 Å². The number of carbonyl (C=O) groups excluding carboxylic acids is 1. The number of ether oxygens (including phenoxy) is 1. The van der Waals surface area contributed by atoms with Gasteiger partial charge in [0.1, 0.15) is 6.04 Å². The van der Waals surface area contributed by atoms with Crippen LogP contribution >= 0.6 is 0 Å². The van der Waals surface area contributed by atoms with E-state index in [1.807, 2.05) is 13.8 Å². The van der Waals surface area contributed by atoms with Crippen LogP contribution in [0.15, 0.2) is 0 Å². The molecule has 1 aliphatic heterocycles. The fourth-order valence-electron chi connectivity index (χ4n) is 2.27. The average Bonchev–Trinajstić information content (AvgIpc) is 2.49. The van der Waals surface area contributed by atoms with Gasteiger partial charge >= 0.3 is 12.0 Å². The van der Waals surface area contributed by atoms with E-state index in [1.54, 1.807) is 0 Å². The summed E-state index contributed by atoms with van der Waals surface area (Å²) < 4.78 is 5.58. The minimum absolute atomic E-state index is 0.0451. The monoisotopic (exact) mass is 301 g/mol. The Labute approximate surface area is 126 Å². The van der Waals surface area contributed by atoms with E-state index in [9.17, 15) is 9.59 Å². The first-order chi connectivity index (χ1) is 9.97. The number of hydrogen-bond donors (Lipinski definition) is 3. The Morgan fingerprint density at radius 1 is 1.43 bits per heavy atom. The molecule has 0 aromatic carbocycles. The average molecular weight is 301 g/mol. The van der Waals surface area contributed by atoms with E-state index in [2.05, 4.69) is 22.5 Å². The molecule has 0 aliphatic carbocycles. The van der Waals surface area contributed by atoms with Gasteiger partial charge in [-0.25, -0.2) is 9.59 Å². The molecule has 0 bridgehead atoms. The van der Waals surface area contributed by atoms with Crippen molar-refractivity contribution in [3.05, 3.63) is 0 Å². The molecule has 0 aromatic heterocycles. The first-order valence-corrected chi connectivity index (χ1v) is 7.59. The predicted octanol–water partition coefficient (Wildman–Crippen LogP) is 0.506. The van der Waals surface area contributed by atoms with Gasteiger partial charge in [0.15, 0.2) is 0 Å². The topological polar surface area (TPSA) is 90.9 Å². The van der Waals surface area contributed by atoms with Crippen LogP contribution < -0.4 is 10.6 Å². The Morgan fingerprint density at radius 2 is 2.14 bits per heavy atom. The van der Waals surface area contributed by atoms with Crippen LogP contribution in [-0.4, -0.2) is 66.9 Å². The number of aliphatic carboxylic acids is 1. The second-order valence-corrected chi connectivity index (χ2v) is 5.44. The zero-order valence-corrected chi connectivity index (χ0v) is 13.1. The van der Waals surface area contributed by atoms with Gasteiger partial charge in [0.25, 0.3) is 0 Å². The Balaban J connectivity index is 2.37. The molecule has 1 saturated heterocycles. The first-order valence-electron chi connectivity index (χ1n) is 7.59. The fourth-order valence-corrected chi connectivity index (χ4v) is 2.27. The molecule has 0 radical (unpaired) electrons. The van der Waals surface area contributed by atoms with Crippen molar-refractivity contribution in [2.45, 2.75) is 39.3 Å². The Morgan fingerprint density at radius 3 is 2.71 bits per heavy atom. The summed E-state index contributed by atoms with van der Waals surface area (Å²) in [5, 5.41) is 14.3. The van der Waals surface area contributed by atoms with Gasteiger partial charge in [-0.05, 0) is 12.5 Å². The second-order valence-electron chi connectivity index (χ2n) is 5.44. The maximum Gasteiger partial charge on any atom is 0.326 e. The summed E-state index contributed by atoms with van der Waals surface area (Å²) in [4.78, 5) is 25.2. The van der Waals surface area contributed by atoms with Crippen LogP contribution in [0.4, 0.5) is 4.79 Å². The number of carboxylic acids is 1. The van der Waals surface area contributed by atoms with Crippen molar-refractivity contribution in [1.29, 1.82) is 0 Å². The van der Waals surface area contributed by atoms with Crippen molar-refractivity contribution >= 4 is 12.0 Å². The van der Waals surface area contributed by atoms with E-state index < -0.39 is 18.0 Å². The lowest BCUT2D eigenvalue weighted by molar-refractivity contribution is -0.140. The maximum atomic E-state index is 11.8. The predicted molar refractivity (Wildman–Crippen MR) is 79.3 cm³/mol. The summed E-state index contributed by atoms with van der Waals surface area (Å²) in [6.07, 6.45) is 0.644. The third-order valence-electron chi connectivity index (χ3n) is 3.93. The number of likely N-dealkylation sites (N-methyl/N-ethyl adjacent to an activating group) is 1. The molecule has 2 amide bonds.